The normalized spacial score (nSPS) is 17.7. The lowest BCUT2D eigenvalue weighted by atomic mass is 10.0. The number of hydrogen-bond acceptors (Lipinski definition) is 6. The number of hydrogen-bond donors (Lipinski definition) is 1. The number of aryl methyl sites for hydroxylation is 1. The Morgan fingerprint density at radius 3 is 2.94 bits per heavy atom. The van der Waals surface area contributed by atoms with Crippen LogP contribution in [-0.2, 0) is 11.3 Å². The van der Waals surface area contributed by atoms with Crippen LogP contribution in [0, 0.1) is 6.92 Å². The van der Waals surface area contributed by atoms with Gasteiger partial charge in [-0.25, -0.2) is 0 Å². The molecule has 0 aliphatic carbocycles. The SMILES string of the molecule is Cc1cscc1-c1noc(COC2(C)CNC2)n1. The van der Waals surface area contributed by atoms with Crippen LogP contribution >= 0.6 is 11.3 Å². The van der Waals surface area contributed by atoms with Crippen LogP contribution in [0.4, 0.5) is 0 Å². The summed E-state index contributed by atoms with van der Waals surface area (Å²) in [5.74, 6) is 1.17. The first-order valence-corrected chi connectivity index (χ1v) is 6.81. The second-order valence-electron chi connectivity index (χ2n) is 4.82. The summed E-state index contributed by atoms with van der Waals surface area (Å²) < 4.78 is 11.0. The number of rotatable bonds is 4. The summed E-state index contributed by atoms with van der Waals surface area (Å²) in [6, 6.07) is 0. The van der Waals surface area contributed by atoms with E-state index >= 15 is 0 Å². The highest BCUT2D eigenvalue weighted by molar-refractivity contribution is 7.08. The molecule has 1 saturated heterocycles. The van der Waals surface area contributed by atoms with Gasteiger partial charge in [-0.1, -0.05) is 5.16 Å². The Hall–Kier alpha value is -1.24. The van der Waals surface area contributed by atoms with Gasteiger partial charge in [0.15, 0.2) is 0 Å². The number of ether oxygens (including phenoxy) is 1. The van der Waals surface area contributed by atoms with E-state index in [0.29, 0.717) is 18.3 Å². The van der Waals surface area contributed by atoms with Crippen LogP contribution in [0.15, 0.2) is 15.3 Å². The minimum atomic E-state index is -0.0903. The molecule has 2 aromatic rings. The van der Waals surface area contributed by atoms with Crippen LogP contribution in [0.3, 0.4) is 0 Å². The Labute approximate surface area is 109 Å². The molecule has 0 amide bonds. The zero-order valence-electron chi connectivity index (χ0n) is 10.4. The van der Waals surface area contributed by atoms with Crippen molar-refractivity contribution in [1.29, 1.82) is 0 Å². The van der Waals surface area contributed by atoms with Crippen molar-refractivity contribution < 1.29 is 9.26 Å². The van der Waals surface area contributed by atoms with Gasteiger partial charge in [-0.05, 0) is 24.8 Å². The average molecular weight is 265 g/mol. The third kappa shape index (κ3) is 2.19. The second kappa shape index (κ2) is 4.46. The highest BCUT2D eigenvalue weighted by atomic mass is 32.1. The molecular formula is C12H15N3O2S. The zero-order chi connectivity index (χ0) is 12.6. The maximum Gasteiger partial charge on any atom is 0.252 e. The summed E-state index contributed by atoms with van der Waals surface area (Å²) in [7, 11) is 0. The summed E-state index contributed by atoms with van der Waals surface area (Å²) in [5.41, 5.74) is 2.11. The lowest BCUT2D eigenvalue weighted by molar-refractivity contribution is -0.0841. The number of thiophene rings is 1. The Morgan fingerprint density at radius 2 is 2.33 bits per heavy atom. The highest BCUT2D eigenvalue weighted by Gasteiger charge is 2.33. The molecule has 6 heteroatoms. The van der Waals surface area contributed by atoms with Gasteiger partial charge in [-0.15, -0.1) is 0 Å². The fourth-order valence-electron chi connectivity index (χ4n) is 1.83. The first kappa shape index (κ1) is 11.8. The molecule has 0 atom stereocenters. The van der Waals surface area contributed by atoms with Gasteiger partial charge in [0.2, 0.25) is 5.82 Å². The first-order valence-electron chi connectivity index (χ1n) is 5.87. The maximum absolute atomic E-state index is 5.76. The maximum atomic E-state index is 5.76. The minimum Gasteiger partial charge on any atom is -0.363 e. The lowest BCUT2D eigenvalue weighted by Crippen LogP contribution is -2.58. The van der Waals surface area contributed by atoms with Crippen LogP contribution in [0.5, 0.6) is 0 Å². The van der Waals surface area contributed by atoms with Crippen molar-refractivity contribution >= 4 is 11.3 Å². The van der Waals surface area contributed by atoms with E-state index in [1.165, 1.54) is 5.56 Å². The van der Waals surface area contributed by atoms with Crippen LogP contribution in [0.1, 0.15) is 18.4 Å². The van der Waals surface area contributed by atoms with Crippen molar-refractivity contribution in [2.45, 2.75) is 26.1 Å². The largest absolute Gasteiger partial charge is 0.363 e. The zero-order valence-corrected chi connectivity index (χ0v) is 11.2. The van der Waals surface area contributed by atoms with Gasteiger partial charge >= 0.3 is 0 Å². The second-order valence-corrected chi connectivity index (χ2v) is 5.57. The summed E-state index contributed by atoms with van der Waals surface area (Å²) in [6.07, 6.45) is 0. The van der Waals surface area contributed by atoms with Gasteiger partial charge in [-0.2, -0.15) is 16.3 Å². The number of nitrogens with one attached hydrogen (secondary N) is 1. The van der Waals surface area contributed by atoms with Gasteiger partial charge in [0, 0.05) is 24.0 Å². The van der Waals surface area contributed by atoms with Gasteiger partial charge in [0.25, 0.3) is 5.89 Å². The van der Waals surface area contributed by atoms with E-state index in [-0.39, 0.29) is 5.60 Å². The molecule has 0 bridgehead atoms. The molecule has 2 aromatic heterocycles. The summed E-state index contributed by atoms with van der Waals surface area (Å²) in [6.45, 7) is 6.23. The van der Waals surface area contributed by atoms with E-state index in [0.717, 1.165) is 18.7 Å². The Kier molecular flexibility index (Phi) is 2.93. The Morgan fingerprint density at radius 1 is 1.50 bits per heavy atom. The van der Waals surface area contributed by atoms with E-state index < -0.39 is 0 Å². The fraction of sp³-hybridized carbons (Fsp3) is 0.500. The van der Waals surface area contributed by atoms with Crippen molar-refractivity contribution in [1.82, 2.24) is 15.5 Å². The molecular weight excluding hydrogens is 250 g/mol. The molecule has 18 heavy (non-hydrogen) atoms. The molecule has 0 unspecified atom stereocenters. The molecule has 0 spiro atoms. The number of aromatic nitrogens is 2. The van der Waals surface area contributed by atoms with Crippen molar-refractivity contribution in [2.75, 3.05) is 13.1 Å². The van der Waals surface area contributed by atoms with Crippen molar-refractivity contribution in [3.05, 3.63) is 22.2 Å². The Bertz CT molecular complexity index is 545. The summed E-state index contributed by atoms with van der Waals surface area (Å²) >= 11 is 1.64. The predicted molar refractivity (Wildman–Crippen MR) is 68.4 cm³/mol. The summed E-state index contributed by atoms with van der Waals surface area (Å²) in [5, 5.41) is 11.3. The van der Waals surface area contributed by atoms with Gasteiger partial charge in [0.1, 0.15) is 6.61 Å². The third-order valence-corrected chi connectivity index (χ3v) is 3.97. The van der Waals surface area contributed by atoms with Crippen LogP contribution < -0.4 is 5.32 Å². The molecule has 1 N–H and O–H groups in total. The smallest absolute Gasteiger partial charge is 0.252 e. The van der Waals surface area contributed by atoms with Crippen molar-refractivity contribution in [3.8, 4) is 11.4 Å². The lowest BCUT2D eigenvalue weighted by Gasteiger charge is -2.38. The molecule has 3 rings (SSSR count). The predicted octanol–water partition coefficient (Wildman–Crippen LogP) is 1.99. The van der Waals surface area contributed by atoms with E-state index in [1.54, 1.807) is 11.3 Å². The molecule has 1 aliphatic rings. The van der Waals surface area contributed by atoms with E-state index in [1.807, 2.05) is 12.3 Å². The van der Waals surface area contributed by atoms with E-state index in [9.17, 15) is 0 Å². The summed E-state index contributed by atoms with van der Waals surface area (Å²) in [4.78, 5) is 4.36. The topological polar surface area (TPSA) is 60.2 Å². The van der Waals surface area contributed by atoms with Crippen molar-refractivity contribution in [3.63, 3.8) is 0 Å². The van der Waals surface area contributed by atoms with Crippen LogP contribution in [0.2, 0.25) is 0 Å². The van der Waals surface area contributed by atoms with E-state index in [2.05, 4.69) is 27.8 Å². The standard InChI is InChI=1S/C12H15N3O2S/c1-8-4-18-5-9(8)11-14-10(17-15-11)3-16-12(2)6-13-7-12/h4-5,13H,3,6-7H2,1-2H3. The number of nitrogens with zero attached hydrogens (tertiary/aromatic N) is 2. The average Bonchev–Trinajstić information content (AvgIpc) is 2.92. The molecule has 5 nitrogen and oxygen atoms in total. The molecule has 1 aliphatic heterocycles. The van der Waals surface area contributed by atoms with E-state index in [4.69, 9.17) is 9.26 Å². The first-order chi connectivity index (χ1) is 8.66. The van der Waals surface area contributed by atoms with Crippen LogP contribution in [0.25, 0.3) is 11.4 Å². The van der Waals surface area contributed by atoms with Crippen LogP contribution in [-0.4, -0.2) is 28.8 Å². The molecule has 0 saturated carbocycles. The molecule has 96 valence electrons. The molecule has 1 fully saturated rings. The monoisotopic (exact) mass is 265 g/mol. The Balaban J connectivity index is 1.68. The molecule has 3 heterocycles. The third-order valence-electron chi connectivity index (χ3n) is 3.11. The van der Waals surface area contributed by atoms with Gasteiger partial charge in [-0.3, -0.25) is 0 Å². The quantitative estimate of drug-likeness (QED) is 0.916. The fourth-order valence-corrected chi connectivity index (χ4v) is 2.65. The molecule has 0 radical (unpaired) electrons. The van der Waals surface area contributed by atoms with Crippen molar-refractivity contribution in [2.24, 2.45) is 0 Å². The highest BCUT2D eigenvalue weighted by Crippen LogP contribution is 2.24. The van der Waals surface area contributed by atoms with Gasteiger partial charge < -0.3 is 14.6 Å². The molecule has 0 aromatic carbocycles. The minimum absolute atomic E-state index is 0.0903. The van der Waals surface area contributed by atoms with Gasteiger partial charge in [0.05, 0.1) is 5.60 Å².